The van der Waals surface area contributed by atoms with E-state index in [0.29, 0.717) is 12.4 Å². The summed E-state index contributed by atoms with van der Waals surface area (Å²) in [7, 11) is 0. The second-order valence-electron chi connectivity index (χ2n) is 3.73. The number of nitrogens with zero attached hydrogens (tertiary/aromatic N) is 2. The summed E-state index contributed by atoms with van der Waals surface area (Å²) in [5.41, 5.74) is 0.385. The second kappa shape index (κ2) is 4.84. The van der Waals surface area contributed by atoms with Gasteiger partial charge in [0.15, 0.2) is 6.67 Å². The smallest absolute Gasteiger partial charge is 0.275 e. The number of hydrogen-bond donors (Lipinski definition) is 2. The first-order chi connectivity index (χ1) is 7.36. The number of nitrogens with one attached hydrogen (secondary N) is 2. The molecule has 1 aromatic heterocycles. The Labute approximate surface area is 88.5 Å². The molecule has 0 bridgehead atoms. The molecule has 1 fully saturated rings. The molecule has 0 aromatic carbocycles. The molecule has 1 saturated heterocycles. The lowest BCUT2D eigenvalue weighted by molar-refractivity contribution is -0.889. The van der Waals surface area contributed by atoms with Crippen LogP contribution in [-0.4, -0.2) is 35.6 Å². The predicted octanol–water partition coefficient (Wildman–Crippen LogP) is -1.16. The fourth-order valence-electron chi connectivity index (χ4n) is 1.76. The zero-order chi connectivity index (χ0) is 10.5. The summed E-state index contributed by atoms with van der Waals surface area (Å²) in [5.74, 6) is -0.137. The summed E-state index contributed by atoms with van der Waals surface area (Å²) >= 11 is 0. The molecule has 0 spiro atoms. The largest absolute Gasteiger partial charge is 0.318 e. The van der Waals surface area contributed by atoms with Crippen molar-refractivity contribution >= 4 is 5.91 Å². The highest BCUT2D eigenvalue weighted by Crippen LogP contribution is 1.89. The van der Waals surface area contributed by atoms with Gasteiger partial charge in [0.05, 0.1) is 19.3 Å². The molecule has 0 saturated carbocycles. The first kappa shape index (κ1) is 10.0. The van der Waals surface area contributed by atoms with Gasteiger partial charge in [-0.25, -0.2) is 4.98 Å². The van der Waals surface area contributed by atoms with E-state index < -0.39 is 0 Å². The fourth-order valence-corrected chi connectivity index (χ4v) is 1.76. The van der Waals surface area contributed by atoms with Gasteiger partial charge in [-0.15, -0.1) is 0 Å². The third-order valence-electron chi connectivity index (χ3n) is 2.61. The van der Waals surface area contributed by atoms with Gasteiger partial charge < -0.3 is 10.2 Å². The van der Waals surface area contributed by atoms with Crippen LogP contribution in [0, 0.1) is 0 Å². The van der Waals surface area contributed by atoms with Crippen molar-refractivity contribution in [2.75, 3.05) is 19.8 Å². The molecule has 5 nitrogen and oxygen atoms in total. The minimum atomic E-state index is -0.137. The molecular formula is C10H15N4O+. The summed E-state index contributed by atoms with van der Waals surface area (Å²) < 4.78 is 0. The summed E-state index contributed by atoms with van der Waals surface area (Å²) in [6.07, 6.45) is 7.08. The monoisotopic (exact) mass is 207 g/mol. The van der Waals surface area contributed by atoms with Crippen LogP contribution in [0.15, 0.2) is 18.6 Å². The van der Waals surface area contributed by atoms with E-state index >= 15 is 0 Å². The van der Waals surface area contributed by atoms with Gasteiger partial charge in [-0.05, 0) is 0 Å². The van der Waals surface area contributed by atoms with Gasteiger partial charge >= 0.3 is 0 Å². The zero-order valence-electron chi connectivity index (χ0n) is 8.57. The molecule has 2 rings (SSSR count). The summed E-state index contributed by atoms with van der Waals surface area (Å²) in [6.45, 7) is 3.00. The average Bonchev–Trinajstić information content (AvgIpc) is 2.80. The quantitative estimate of drug-likeness (QED) is 0.657. The topological polar surface area (TPSA) is 59.3 Å². The highest BCUT2D eigenvalue weighted by Gasteiger charge is 2.16. The van der Waals surface area contributed by atoms with E-state index in [4.69, 9.17) is 0 Å². The standard InChI is InChI=1S/C10H14N4O/c15-10(9-7-11-3-4-12-9)13-8-14-5-1-2-6-14/h3-4,7H,1-2,5-6,8H2,(H,13,15)/p+1. The van der Waals surface area contributed by atoms with Gasteiger partial charge in [-0.3, -0.25) is 9.78 Å². The first-order valence-electron chi connectivity index (χ1n) is 5.24. The maximum Gasteiger partial charge on any atom is 0.275 e. The van der Waals surface area contributed by atoms with Crippen molar-refractivity contribution in [3.05, 3.63) is 24.3 Å². The molecule has 1 aromatic rings. The summed E-state index contributed by atoms with van der Waals surface area (Å²) in [5, 5.41) is 2.86. The first-order valence-corrected chi connectivity index (χ1v) is 5.24. The van der Waals surface area contributed by atoms with Crippen molar-refractivity contribution in [2.24, 2.45) is 0 Å². The van der Waals surface area contributed by atoms with Crippen molar-refractivity contribution in [1.82, 2.24) is 15.3 Å². The molecule has 0 aliphatic carbocycles. The van der Waals surface area contributed by atoms with E-state index in [-0.39, 0.29) is 5.91 Å². The van der Waals surface area contributed by atoms with Gasteiger partial charge in [0.2, 0.25) is 0 Å². The zero-order valence-corrected chi connectivity index (χ0v) is 8.57. The van der Waals surface area contributed by atoms with Gasteiger partial charge in [0.1, 0.15) is 5.69 Å². The van der Waals surface area contributed by atoms with E-state index in [1.54, 1.807) is 6.20 Å². The Balaban J connectivity index is 1.82. The van der Waals surface area contributed by atoms with E-state index in [1.807, 2.05) is 0 Å². The number of aromatic nitrogens is 2. The Bertz CT molecular complexity index is 321. The Morgan fingerprint density at radius 3 is 2.87 bits per heavy atom. The summed E-state index contributed by atoms with van der Waals surface area (Å²) in [6, 6.07) is 0. The van der Waals surface area contributed by atoms with Crippen LogP contribution in [0.5, 0.6) is 0 Å². The van der Waals surface area contributed by atoms with Crippen LogP contribution < -0.4 is 10.2 Å². The Morgan fingerprint density at radius 2 is 2.20 bits per heavy atom. The van der Waals surface area contributed by atoms with Crippen LogP contribution in [-0.2, 0) is 0 Å². The lowest BCUT2D eigenvalue weighted by Crippen LogP contribution is -3.11. The normalized spacial score (nSPS) is 16.5. The Kier molecular flexibility index (Phi) is 3.24. The molecule has 2 N–H and O–H groups in total. The summed E-state index contributed by atoms with van der Waals surface area (Å²) in [4.78, 5) is 20.8. The molecule has 1 aliphatic heterocycles. The van der Waals surface area contributed by atoms with Crippen LogP contribution in [0.2, 0.25) is 0 Å². The van der Waals surface area contributed by atoms with Gasteiger partial charge in [0, 0.05) is 25.2 Å². The van der Waals surface area contributed by atoms with Crippen molar-refractivity contribution in [1.29, 1.82) is 0 Å². The molecule has 5 heteroatoms. The maximum atomic E-state index is 11.6. The molecule has 15 heavy (non-hydrogen) atoms. The fraction of sp³-hybridized carbons (Fsp3) is 0.500. The predicted molar refractivity (Wildman–Crippen MR) is 54.3 cm³/mol. The highest BCUT2D eigenvalue weighted by molar-refractivity contribution is 5.91. The maximum absolute atomic E-state index is 11.6. The molecule has 0 atom stereocenters. The van der Waals surface area contributed by atoms with Gasteiger partial charge in [-0.1, -0.05) is 0 Å². The lowest BCUT2D eigenvalue weighted by Gasteiger charge is -2.12. The van der Waals surface area contributed by atoms with Crippen LogP contribution in [0.3, 0.4) is 0 Å². The second-order valence-corrected chi connectivity index (χ2v) is 3.73. The Morgan fingerprint density at radius 1 is 1.40 bits per heavy atom. The van der Waals surface area contributed by atoms with Crippen LogP contribution >= 0.6 is 0 Å². The minimum Gasteiger partial charge on any atom is -0.318 e. The van der Waals surface area contributed by atoms with Crippen molar-refractivity contribution < 1.29 is 9.69 Å². The SMILES string of the molecule is O=C(NC[NH+]1CCCC1)c1cnccn1. The van der Waals surface area contributed by atoms with Gasteiger partial charge in [0.25, 0.3) is 5.91 Å². The van der Waals surface area contributed by atoms with Crippen LogP contribution in [0.25, 0.3) is 0 Å². The van der Waals surface area contributed by atoms with E-state index in [1.165, 1.54) is 30.1 Å². The average molecular weight is 207 g/mol. The van der Waals surface area contributed by atoms with E-state index in [0.717, 1.165) is 13.1 Å². The Hall–Kier alpha value is -1.49. The number of likely N-dealkylation sites (tertiary alicyclic amines) is 1. The number of amides is 1. The third kappa shape index (κ3) is 2.73. The number of hydrogen-bond acceptors (Lipinski definition) is 3. The van der Waals surface area contributed by atoms with Crippen LogP contribution in [0.1, 0.15) is 23.3 Å². The molecule has 1 amide bonds. The van der Waals surface area contributed by atoms with Crippen LogP contribution in [0.4, 0.5) is 0 Å². The number of rotatable bonds is 3. The molecule has 0 radical (unpaired) electrons. The van der Waals surface area contributed by atoms with E-state index in [9.17, 15) is 4.79 Å². The molecule has 1 aliphatic rings. The number of quaternary nitrogens is 1. The molecule has 2 heterocycles. The third-order valence-corrected chi connectivity index (χ3v) is 2.61. The van der Waals surface area contributed by atoms with Crippen molar-refractivity contribution in [3.63, 3.8) is 0 Å². The van der Waals surface area contributed by atoms with Crippen molar-refractivity contribution in [3.8, 4) is 0 Å². The molecule has 0 unspecified atom stereocenters. The number of carbonyl (C=O) groups is 1. The van der Waals surface area contributed by atoms with Gasteiger partial charge in [-0.2, -0.15) is 0 Å². The highest BCUT2D eigenvalue weighted by atomic mass is 16.2. The molecular weight excluding hydrogens is 192 g/mol. The molecule has 80 valence electrons. The minimum absolute atomic E-state index is 0.137. The van der Waals surface area contributed by atoms with E-state index in [2.05, 4.69) is 15.3 Å². The lowest BCUT2D eigenvalue weighted by atomic mass is 10.4. The number of carbonyl (C=O) groups excluding carboxylic acids is 1. The van der Waals surface area contributed by atoms with Crippen molar-refractivity contribution in [2.45, 2.75) is 12.8 Å².